The third-order valence-electron chi connectivity index (χ3n) is 3.64. The second-order valence-electron chi connectivity index (χ2n) is 6.61. The van der Waals surface area contributed by atoms with E-state index < -0.39 is 5.60 Å². The molecule has 0 aromatic heterocycles. The first kappa shape index (κ1) is 15.8. The Labute approximate surface area is 127 Å². The van der Waals surface area contributed by atoms with E-state index in [2.05, 4.69) is 29.2 Å². The minimum Gasteiger partial charge on any atom is -0.459 e. The van der Waals surface area contributed by atoms with Crippen molar-refractivity contribution >= 4 is 5.97 Å². The Morgan fingerprint density at radius 2 is 1.90 bits per heavy atom. The van der Waals surface area contributed by atoms with Crippen LogP contribution in [0.3, 0.4) is 0 Å². The van der Waals surface area contributed by atoms with Gasteiger partial charge >= 0.3 is 5.97 Å². The predicted molar refractivity (Wildman–Crippen MR) is 85.2 cm³/mol. The van der Waals surface area contributed by atoms with Gasteiger partial charge in [-0.15, -0.1) is 0 Å². The number of hydrogen-bond donors (Lipinski definition) is 0. The molecule has 114 valence electrons. The summed E-state index contributed by atoms with van der Waals surface area (Å²) in [5.41, 5.74) is 0.688. The monoisotopic (exact) mass is 287 g/mol. The highest BCUT2D eigenvalue weighted by molar-refractivity contribution is 5.78. The lowest BCUT2D eigenvalue weighted by Crippen LogP contribution is -2.45. The van der Waals surface area contributed by atoms with E-state index in [1.807, 2.05) is 46.0 Å². The van der Waals surface area contributed by atoms with Crippen molar-refractivity contribution in [1.82, 2.24) is 4.90 Å². The van der Waals surface area contributed by atoms with Crippen LogP contribution in [0, 0.1) is 0 Å². The fourth-order valence-corrected chi connectivity index (χ4v) is 2.70. The molecule has 0 fully saturated rings. The molecule has 0 saturated heterocycles. The molecule has 1 aromatic rings. The van der Waals surface area contributed by atoms with Gasteiger partial charge in [0.05, 0.1) is 0 Å². The molecule has 1 aromatic carbocycles. The van der Waals surface area contributed by atoms with Crippen LogP contribution in [0.25, 0.3) is 0 Å². The van der Waals surface area contributed by atoms with E-state index in [-0.39, 0.29) is 17.9 Å². The van der Waals surface area contributed by atoms with E-state index in [1.165, 1.54) is 0 Å². The van der Waals surface area contributed by atoms with Crippen molar-refractivity contribution in [1.29, 1.82) is 0 Å². The molecule has 1 heterocycles. The molecular formula is C18H25NO2. The van der Waals surface area contributed by atoms with Gasteiger partial charge in [0, 0.05) is 12.5 Å². The molecule has 0 amide bonds. The van der Waals surface area contributed by atoms with Crippen molar-refractivity contribution in [3.05, 3.63) is 48.0 Å². The van der Waals surface area contributed by atoms with E-state index in [1.54, 1.807) is 0 Å². The highest BCUT2D eigenvalue weighted by atomic mass is 16.6. The Morgan fingerprint density at radius 3 is 2.52 bits per heavy atom. The Bertz CT molecular complexity index is 502. The maximum Gasteiger partial charge on any atom is 0.324 e. The summed E-state index contributed by atoms with van der Waals surface area (Å²) >= 11 is 0. The molecule has 2 atom stereocenters. The third kappa shape index (κ3) is 4.18. The lowest BCUT2D eigenvalue weighted by Gasteiger charge is -2.32. The van der Waals surface area contributed by atoms with Crippen LogP contribution in [0.15, 0.2) is 42.5 Å². The van der Waals surface area contributed by atoms with Crippen LogP contribution < -0.4 is 0 Å². The van der Waals surface area contributed by atoms with Crippen LogP contribution in [0.5, 0.6) is 0 Å². The summed E-state index contributed by atoms with van der Waals surface area (Å²) in [7, 11) is 2.00. The second kappa shape index (κ2) is 6.44. The number of likely N-dealkylation sites (N-methyl/N-ethyl adjacent to an activating group) is 1. The van der Waals surface area contributed by atoms with Gasteiger partial charge in [-0.05, 0) is 39.8 Å². The molecule has 0 aliphatic carbocycles. The smallest absolute Gasteiger partial charge is 0.324 e. The largest absolute Gasteiger partial charge is 0.459 e. The average molecular weight is 287 g/mol. The van der Waals surface area contributed by atoms with Crippen LogP contribution in [0.1, 0.15) is 38.7 Å². The molecule has 2 rings (SSSR count). The molecule has 3 nitrogen and oxygen atoms in total. The van der Waals surface area contributed by atoms with Crippen LogP contribution in [0.2, 0.25) is 0 Å². The minimum atomic E-state index is -0.463. The number of nitrogens with zero attached hydrogens (tertiary/aromatic N) is 1. The fraction of sp³-hybridized carbons (Fsp3) is 0.500. The van der Waals surface area contributed by atoms with Gasteiger partial charge in [-0.3, -0.25) is 9.69 Å². The van der Waals surface area contributed by atoms with Crippen LogP contribution >= 0.6 is 0 Å². The zero-order valence-corrected chi connectivity index (χ0v) is 13.4. The van der Waals surface area contributed by atoms with Gasteiger partial charge in [-0.2, -0.15) is 0 Å². The van der Waals surface area contributed by atoms with Gasteiger partial charge in [0.2, 0.25) is 0 Å². The summed E-state index contributed by atoms with van der Waals surface area (Å²) in [6.07, 6.45) is 5.27. The van der Waals surface area contributed by atoms with Crippen LogP contribution in [-0.2, 0) is 9.53 Å². The number of carbonyl (C=O) groups excluding carboxylic acids is 1. The number of rotatable bonds is 2. The summed E-state index contributed by atoms with van der Waals surface area (Å²) < 4.78 is 5.64. The molecule has 0 unspecified atom stereocenters. The van der Waals surface area contributed by atoms with Crippen LogP contribution in [-0.4, -0.2) is 36.1 Å². The minimum absolute atomic E-state index is 0.0357. The maximum atomic E-state index is 12.7. The van der Waals surface area contributed by atoms with E-state index >= 15 is 0 Å². The van der Waals surface area contributed by atoms with Crippen molar-refractivity contribution in [2.45, 2.75) is 44.8 Å². The first-order chi connectivity index (χ1) is 9.88. The normalized spacial score (nSPS) is 23.6. The Hall–Kier alpha value is -1.61. The highest BCUT2D eigenvalue weighted by Gasteiger charge is 2.35. The number of carbonyl (C=O) groups is 1. The number of esters is 1. The van der Waals surface area contributed by atoms with E-state index in [9.17, 15) is 4.79 Å². The fourth-order valence-electron chi connectivity index (χ4n) is 2.70. The topological polar surface area (TPSA) is 29.5 Å². The summed E-state index contributed by atoms with van der Waals surface area (Å²) in [6.45, 7) is 6.60. The van der Waals surface area contributed by atoms with Crippen molar-refractivity contribution in [2.24, 2.45) is 0 Å². The molecular weight excluding hydrogens is 262 g/mol. The zero-order valence-electron chi connectivity index (χ0n) is 13.4. The molecule has 0 N–H and O–H groups in total. The predicted octanol–water partition coefficient (Wildman–Crippen LogP) is 3.37. The molecule has 0 saturated carbocycles. The van der Waals surface area contributed by atoms with Crippen molar-refractivity contribution < 1.29 is 9.53 Å². The first-order valence-corrected chi connectivity index (χ1v) is 7.53. The van der Waals surface area contributed by atoms with Crippen LogP contribution in [0.4, 0.5) is 0 Å². The SMILES string of the molecule is CN1CCC=C[C@H](c2ccccc2)[C@H]1C(=O)OC(C)(C)C. The maximum absolute atomic E-state index is 12.7. The molecule has 0 spiro atoms. The quantitative estimate of drug-likeness (QED) is 0.617. The second-order valence-corrected chi connectivity index (χ2v) is 6.61. The van der Waals surface area contributed by atoms with E-state index in [4.69, 9.17) is 4.74 Å². The third-order valence-corrected chi connectivity index (χ3v) is 3.64. The standard InChI is InChI=1S/C18H25NO2/c1-18(2,3)21-17(20)16-15(12-8-9-13-19(16)4)14-10-6-5-7-11-14/h5-8,10-12,15-16H,9,13H2,1-4H3/t15-,16+/m1/s1. The van der Waals surface area contributed by atoms with Crippen molar-refractivity contribution in [3.8, 4) is 0 Å². The van der Waals surface area contributed by atoms with Gasteiger partial charge in [0.1, 0.15) is 11.6 Å². The molecule has 1 aliphatic rings. The average Bonchev–Trinajstić information content (AvgIpc) is 2.59. The zero-order chi connectivity index (χ0) is 15.5. The molecule has 3 heteroatoms. The molecule has 1 aliphatic heterocycles. The Morgan fingerprint density at radius 1 is 1.24 bits per heavy atom. The van der Waals surface area contributed by atoms with Gasteiger partial charge in [-0.25, -0.2) is 0 Å². The molecule has 0 radical (unpaired) electrons. The van der Waals surface area contributed by atoms with Crippen molar-refractivity contribution in [2.75, 3.05) is 13.6 Å². The Kier molecular flexibility index (Phi) is 4.84. The molecule has 21 heavy (non-hydrogen) atoms. The van der Waals surface area contributed by atoms with Crippen molar-refractivity contribution in [3.63, 3.8) is 0 Å². The summed E-state index contributed by atoms with van der Waals surface area (Å²) in [5.74, 6) is -0.112. The number of ether oxygens (including phenoxy) is 1. The highest BCUT2D eigenvalue weighted by Crippen LogP contribution is 2.29. The first-order valence-electron chi connectivity index (χ1n) is 7.53. The summed E-state index contributed by atoms with van der Waals surface area (Å²) in [4.78, 5) is 14.8. The number of hydrogen-bond acceptors (Lipinski definition) is 3. The lowest BCUT2D eigenvalue weighted by atomic mass is 9.90. The van der Waals surface area contributed by atoms with E-state index in [0.717, 1.165) is 18.5 Å². The van der Waals surface area contributed by atoms with Gasteiger partial charge in [0.25, 0.3) is 0 Å². The lowest BCUT2D eigenvalue weighted by molar-refractivity contribution is -0.161. The molecule has 0 bridgehead atoms. The summed E-state index contributed by atoms with van der Waals surface area (Å²) in [5, 5.41) is 0. The summed E-state index contributed by atoms with van der Waals surface area (Å²) in [6, 6.07) is 9.90. The van der Waals surface area contributed by atoms with Gasteiger partial charge < -0.3 is 4.74 Å². The van der Waals surface area contributed by atoms with E-state index in [0.29, 0.717) is 0 Å². The van der Waals surface area contributed by atoms with Gasteiger partial charge in [0.15, 0.2) is 0 Å². The number of benzene rings is 1. The Balaban J connectivity index is 2.31. The van der Waals surface area contributed by atoms with Gasteiger partial charge in [-0.1, -0.05) is 42.5 Å².